The number of aromatic nitrogens is 2. The minimum atomic E-state index is -0.641. The maximum atomic E-state index is 13.3. The molecule has 136 valence electrons. The molecule has 1 saturated heterocycles. The van der Waals surface area contributed by atoms with Gasteiger partial charge >= 0.3 is 0 Å². The van der Waals surface area contributed by atoms with Gasteiger partial charge in [-0.2, -0.15) is 4.98 Å². The molecule has 0 aliphatic carbocycles. The van der Waals surface area contributed by atoms with Gasteiger partial charge in [-0.15, -0.1) is 0 Å². The minimum absolute atomic E-state index is 0.0449. The molecule has 2 aliphatic rings. The number of hydrogen-bond donors (Lipinski definition) is 1. The average molecular weight is 354 g/mol. The largest absolute Gasteiger partial charge is 0.343 e. The fraction of sp³-hybridized carbons (Fsp3) is 0.474. The number of anilines is 1. The van der Waals surface area contributed by atoms with Crippen molar-refractivity contribution in [2.45, 2.75) is 51.0 Å². The zero-order valence-electron chi connectivity index (χ0n) is 15.0. The molecule has 2 aliphatic heterocycles. The number of carbonyl (C=O) groups excluding carboxylic acids is 2. The van der Waals surface area contributed by atoms with Crippen LogP contribution in [-0.2, 0) is 10.2 Å². The fourth-order valence-corrected chi connectivity index (χ4v) is 3.82. The molecule has 2 amide bonds. The van der Waals surface area contributed by atoms with Crippen LogP contribution in [0.15, 0.2) is 29.1 Å². The Morgan fingerprint density at radius 2 is 2.15 bits per heavy atom. The normalized spacial score (nSPS) is 21.8. The van der Waals surface area contributed by atoms with Crippen LogP contribution in [0.25, 0.3) is 0 Å². The summed E-state index contributed by atoms with van der Waals surface area (Å²) in [6.07, 6.45) is 5.18. The molecular weight excluding hydrogens is 332 g/mol. The second-order valence-electron chi connectivity index (χ2n) is 7.49. The number of likely N-dealkylation sites (tertiary alicyclic amines) is 1. The lowest BCUT2D eigenvalue weighted by Crippen LogP contribution is -2.35. The van der Waals surface area contributed by atoms with Crippen LogP contribution in [0.2, 0.25) is 0 Å². The standard InChI is InChI=1S/C19H22N4O3/c1-19(2)13-10-12(7-8-14(13)21-18(19)25)17(24)23-9-5-3-4-6-15(23)16-20-11-26-22-16/h7-8,10-11,15H,3-6,9H2,1-2H3,(H,21,25). The smallest absolute Gasteiger partial charge is 0.254 e. The highest BCUT2D eigenvalue weighted by Crippen LogP contribution is 2.38. The first kappa shape index (κ1) is 16.8. The molecule has 1 fully saturated rings. The van der Waals surface area contributed by atoms with E-state index >= 15 is 0 Å². The Morgan fingerprint density at radius 1 is 1.31 bits per heavy atom. The van der Waals surface area contributed by atoms with E-state index in [1.54, 1.807) is 6.07 Å². The summed E-state index contributed by atoms with van der Waals surface area (Å²) < 4.78 is 4.90. The Labute approximate surface area is 151 Å². The number of rotatable bonds is 2. The molecule has 4 rings (SSSR count). The van der Waals surface area contributed by atoms with Gasteiger partial charge in [-0.1, -0.05) is 18.0 Å². The summed E-state index contributed by atoms with van der Waals surface area (Å²) in [6.45, 7) is 4.41. The van der Waals surface area contributed by atoms with Crippen molar-refractivity contribution in [3.05, 3.63) is 41.5 Å². The van der Waals surface area contributed by atoms with E-state index in [0.29, 0.717) is 17.9 Å². The number of amides is 2. The maximum absolute atomic E-state index is 13.3. The zero-order valence-corrected chi connectivity index (χ0v) is 15.0. The zero-order chi connectivity index (χ0) is 18.3. The Balaban J connectivity index is 1.68. The minimum Gasteiger partial charge on any atom is -0.343 e. The first-order valence-electron chi connectivity index (χ1n) is 9.01. The summed E-state index contributed by atoms with van der Waals surface area (Å²) in [4.78, 5) is 31.5. The van der Waals surface area contributed by atoms with Crippen LogP contribution in [0.5, 0.6) is 0 Å². The van der Waals surface area contributed by atoms with E-state index in [4.69, 9.17) is 4.52 Å². The van der Waals surface area contributed by atoms with E-state index in [-0.39, 0.29) is 17.9 Å². The number of nitrogens with zero attached hydrogens (tertiary/aromatic N) is 3. The van der Waals surface area contributed by atoms with Gasteiger partial charge in [0, 0.05) is 17.8 Å². The molecule has 0 bridgehead atoms. The highest BCUT2D eigenvalue weighted by Gasteiger charge is 2.39. The summed E-state index contributed by atoms with van der Waals surface area (Å²) in [5.74, 6) is 0.453. The van der Waals surface area contributed by atoms with E-state index in [1.807, 2.05) is 30.9 Å². The lowest BCUT2D eigenvalue weighted by molar-refractivity contribution is -0.119. The van der Waals surface area contributed by atoms with E-state index in [1.165, 1.54) is 6.39 Å². The van der Waals surface area contributed by atoms with Gasteiger partial charge in [0.05, 0.1) is 11.5 Å². The van der Waals surface area contributed by atoms with Gasteiger partial charge in [0.2, 0.25) is 12.3 Å². The van der Waals surface area contributed by atoms with Crippen LogP contribution >= 0.6 is 0 Å². The summed E-state index contributed by atoms with van der Waals surface area (Å²) in [5, 5.41) is 6.84. The second-order valence-corrected chi connectivity index (χ2v) is 7.49. The third-order valence-electron chi connectivity index (χ3n) is 5.45. The molecule has 7 nitrogen and oxygen atoms in total. The average Bonchev–Trinajstić information content (AvgIpc) is 3.14. The van der Waals surface area contributed by atoms with Crippen molar-refractivity contribution in [3.63, 3.8) is 0 Å². The van der Waals surface area contributed by atoms with Crippen LogP contribution in [-0.4, -0.2) is 33.4 Å². The fourth-order valence-electron chi connectivity index (χ4n) is 3.82. The summed E-state index contributed by atoms with van der Waals surface area (Å²) >= 11 is 0. The topological polar surface area (TPSA) is 88.3 Å². The monoisotopic (exact) mass is 354 g/mol. The Hall–Kier alpha value is -2.70. The molecule has 7 heteroatoms. The number of benzene rings is 1. The number of fused-ring (bicyclic) bond motifs is 1. The molecule has 0 spiro atoms. The number of carbonyl (C=O) groups is 2. The third-order valence-corrected chi connectivity index (χ3v) is 5.45. The van der Waals surface area contributed by atoms with Gasteiger partial charge in [-0.3, -0.25) is 9.59 Å². The van der Waals surface area contributed by atoms with E-state index in [2.05, 4.69) is 15.5 Å². The van der Waals surface area contributed by atoms with Gasteiger partial charge < -0.3 is 14.7 Å². The molecule has 26 heavy (non-hydrogen) atoms. The molecule has 3 heterocycles. The Bertz CT molecular complexity index is 844. The maximum Gasteiger partial charge on any atom is 0.254 e. The second kappa shape index (κ2) is 6.23. The highest BCUT2D eigenvalue weighted by molar-refractivity contribution is 6.07. The van der Waals surface area contributed by atoms with Crippen LogP contribution in [0, 0.1) is 0 Å². The van der Waals surface area contributed by atoms with E-state index in [0.717, 1.165) is 36.9 Å². The van der Waals surface area contributed by atoms with Gasteiger partial charge in [0.15, 0.2) is 5.82 Å². The predicted octanol–water partition coefficient (Wildman–Crippen LogP) is 3.06. The van der Waals surface area contributed by atoms with Crippen molar-refractivity contribution in [2.75, 3.05) is 11.9 Å². The molecular formula is C19H22N4O3. The molecule has 1 atom stereocenters. The Morgan fingerprint density at radius 3 is 2.92 bits per heavy atom. The molecule has 1 unspecified atom stereocenters. The van der Waals surface area contributed by atoms with Crippen molar-refractivity contribution < 1.29 is 14.1 Å². The van der Waals surface area contributed by atoms with Crippen LogP contribution in [0.4, 0.5) is 5.69 Å². The van der Waals surface area contributed by atoms with Crippen molar-refractivity contribution in [1.29, 1.82) is 0 Å². The van der Waals surface area contributed by atoms with E-state index < -0.39 is 5.41 Å². The molecule has 1 aromatic heterocycles. The van der Waals surface area contributed by atoms with Crippen LogP contribution in [0.3, 0.4) is 0 Å². The first-order chi connectivity index (χ1) is 12.5. The summed E-state index contributed by atoms with van der Waals surface area (Å²) in [7, 11) is 0. The van der Waals surface area contributed by atoms with Gasteiger partial charge in [-0.25, -0.2) is 0 Å². The predicted molar refractivity (Wildman–Crippen MR) is 94.6 cm³/mol. The van der Waals surface area contributed by atoms with Crippen molar-refractivity contribution >= 4 is 17.5 Å². The number of hydrogen-bond acceptors (Lipinski definition) is 5. The Kier molecular flexibility index (Phi) is 4.01. The highest BCUT2D eigenvalue weighted by atomic mass is 16.5. The van der Waals surface area contributed by atoms with Crippen molar-refractivity contribution in [1.82, 2.24) is 15.0 Å². The van der Waals surface area contributed by atoms with Crippen molar-refractivity contribution in [3.8, 4) is 0 Å². The molecule has 0 saturated carbocycles. The van der Waals surface area contributed by atoms with Gasteiger partial charge in [0.25, 0.3) is 5.91 Å². The van der Waals surface area contributed by atoms with E-state index in [9.17, 15) is 9.59 Å². The quantitative estimate of drug-likeness (QED) is 0.895. The van der Waals surface area contributed by atoms with Crippen molar-refractivity contribution in [2.24, 2.45) is 0 Å². The molecule has 2 aromatic rings. The van der Waals surface area contributed by atoms with Crippen LogP contribution < -0.4 is 5.32 Å². The molecule has 1 aromatic carbocycles. The lowest BCUT2D eigenvalue weighted by Gasteiger charge is -2.28. The SMILES string of the molecule is CC1(C)C(=O)Nc2ccc(C(=O)N3CCCCCC3c3ncon3)cc21. The van der Waals surface area contributed by atoms with Gasteiger partial charge in [0.1, 0.15) is 0 Å². The molecule has 0 radical (unpaired) electrons. The molecule has 1 N–H and O–H groups in total. The lowest BCUT2D eigenvalue weighted by atomic mass is 9.85. The van der Waals surface area contributed by atoms with Crippen LogP contribution in [0.1, 0.15) is 67.3 Å². The van der Waals surface area contributed by atoms with Gasteiger partial charge in [-0.05, 0) is 50.5 Å². The summed E-state index contributed by atoms with van der Waals surface area (Å²) in [6, 6.07) is 5.26. The summed E-state index contributed by atoms with van der Waals surface area (Å²) in [5.41, 5.74) is 1.59. The first-order valence-corrected chi connectivity index (χ1v) is 9.01. The number of nitrogens with one attached hydrogen (secondary N) is 1. The third kappa shape index (κ3) is 2.67.